The molecule has 0 aliphatic carbocycles. The van der Waals surface area contributed by atoms with Crippen molar-refractivity contribution < 1.29 is 4.79 Å². The Morgan fingerprint density at radius 1 is 1.32 bits per heavy atom. The minimum atomic E-state index is -0.0514. The fourth-order valence-electron chi connectivity index (χ4n) is 3.72. The van der Waals surface area contributed by atoms with Crippen LogP contribution in [0.1, 0.15) is 17.7 Å². The highest BCUT2D eigenvalue weighted by Gasteiger charge is 2.32. The number of carbonyl (C=O) groups is 1. The Hall–Kier alpha value is -2.34. The van der Waals surface area contributed by atoms with Gasteiger partial charge in [0.25, 0.3) is 0 Å². The van der Waals surface area contributed by atoms with E-state index in [9.17, 15) is 4.79 Å². The molecule has 0 radical (unpaired) electrons. The molecule has 2 N–H and O–H groups in total. The molecule has 0 saturated carbocycles. The summed E-state index contributed by atoms with van der Waals surface area (Å²) in [4.78, 5) is 14.6. The van der Waals surface area contributed by atoms with Crippen molar-refractivity contribution in [2.45, 2.75) is 32.5 Å². The predicted molar refractivity (Wildman–Crippen MR) is 97.2 cm³/mol. The zero-order valence-corrected chi connectivity index (χ0v) is 14.6. The van der Waals surface area contributed by atoms with E-state index in [1.165, 1.54) is 5.56 Å². The van der Waals surface area contributed by atoms with Gasteiger partial charge in [-0.3, -0.25) is 4.79 Å². The number of aromatic nitrogens is 2. The third kappa shape index (κ3) is 3.54. The van der Waals surface area contributed by atoms with E-state index in [4.69, 9.17) is 0 Å². The lowest BCUT2D eigenvalue weighted by Crippen LogP contribution is -2.43. The SMILES string of the molecule is Cc1cc2n(n1)CC(CNC1CCN(Cc3ccccc3)C1=O)CN2. The van der Waals surface area contributed by atoms with Crippen molar-refractivity contribution in [2.75, 3.05) is 25.0 Å². The number of rotatable bonds is 5. The number of hydrogen-bond donors (Lipinski definition) is 2. The Kier molecular flexibility index (Phi) is 4.44. The van der Waals surface area contributed by atoms with Gasteiger partial charge in [-0.05, 0) is 18.9 Å². The molecular weight excluding hydrogens is 314 g/mol. The van der Waals surface area contributed by atoms with E-state index < -0.39 is 0 Å². The highest BCUT2D eigenvalue weighted by Crippen LogP contribution is 2.19. The number of fused-ring (bicyclic) bond motifs is 1. The van der Waals surface area contributed by atoms with Gasteiger partial charge in [0.15, 0.2) is 0 Å². The van der Waals surface area contributed by atoms with Crippen LogP contribution in [0.3, 0.4) is 0 Å². The minimum absolute atomic E-state index is 0.0514. The molecule has 6 heteroatoms. The summed E-state index contributed by atoms with van der Waals surface area (Å²) < 4.78 is 2.03. The van der Waals surface area contributed by atoms with Crippen LogP contribution < -0.4 is 10.6 Å². The molecule has 2 aliphatic rings. The normalized spacial score (nSPS) is 22.8. The maximum absolute atomic E-state index is 12.6. The number of hydrogen-bond acceptors (Lipinski definition) is 4. The first-order chi connectivity index (χ1) is 12.2. The van der Waals surface area contributed by atoms with Crippen LogP contribution in [0.15, 0.2) is 36.4 Å². The van der Waals surface area contributed by atoms with Crippen molar-refractivity contribution in [1.29, 1.82) is 0 Å². The van der Waals surface area contributed by atoms with E-state index in [1.54, 1.807) is 0 Å². The molecule has 2 atom stereocenters. The Morgan fingerprint density at radius 2 is 2.16 bits per heavy atom. The van der Waals surface area contributed by atoms with E-state index in [2.05, 4.69) is 33.9 Å². The molecule has 0 spiro atoms. The zero-order chi connectivity index (χ0) is 17.2. The van der Waals surface area contributed by atoms with Gasteiger partial charge in [0.1, 0.15) is 5.82 Å². The number of nitrogens with one attached hydrogen (secondary N) is 2. The van der Waals surface area contributed by atoms with E-state index >= 15 is 0 Å². The molecule has 1 aromatic heterocycles. The quantitative estimate of drug-likeness (QED) is 0.869. The Balaban J connectivity index is 1.28. The second-order valence-corrected chi connectivity index (χ2v) is 7.09. The van der Waals surface area contributed by atoms with E-state index in [1.807, 2.05) is 34.7 Å². The predicted octanol–water partition coefficient (Wildman–Crippen LogP) is 1.62. The molecule has 1 fully saturated rings. The van der Waals surface area contributed by atoms with Crippen molar-refractivity contribution in [1.82, 2.24) is 20.0 Å². The van der Waals surface area contributed by atoms with E-state index in [0.717, 1.165) is 44.1 Å². The minimum Gasteiger partial charge on any atom is -0.370 e. The van der Waals surface area contributed by atoms with Crippen molar-refractivity contribution in [2.24, 2.45) is 5.92 Å². The van der Waals surface area contributed by atoms with Crippen molar-refractivity contribution >= 4 is 11.7 Å². The topological polar surface area (TPSA) is 62.2 Å². The monoisotopic (exact) mass is 339 g/mol. The Morgan fingerprint density at radius 3 is 3.00 bits per heavy atom. The maximum atomic E-state index is 12.6. The number of amides is 1. The first-order valence-corrected chi connectivity index (χ1v) is 9.03. The van der Waals surface area contributed by atoms with Gasteiger partial charge in [-0.1, -0.05) is 30.3 Å². The summed E-state index contributed by atoms with van der Waals surface area (Å²) in [5.74, 6) is 1.77. The van der Waals surface area contributed by atoms with Crippen LogP contribution in [0, 0.1) is 12.8 Å². The highest BCUT2D eigenvalue weighted by atomic mass is 16.2. The summed E-state index contributed by atoms with van der Waals surface area (Å²) in [6.45, 7) is 6.21. The first kappa shape index (κ1) is 16.1. The molecule has 2 unspecified atom stereocenters. The summed E-state index contributed by atoms with van der Waals surface area (Å²) in [5.41, 5.74) is 2.23. The van der Waals surface area contributed by atoms with Gasteiger partial charge in [0.05, 0.1) is 11.7 Å². The lowest BCUT2D eigenvalue weighted by Gasteiger charge is -2.26. The standard InChI is InChI=1S/C19H25N5O/c1-14-9-18-21-11-16(13-24(18)22-14)10-20-17-7-8-23(19(17)25)12-15-5-3-2-4-6-15/h2-6,9,16-17,20-21H,7-8,10-13H2,1H3. The third-order valence-corrected chi connectivity index (χ3v) is 5.07. The molecule has 2 aliphatic heterocycles. The summed E-state index contributed by atoms with van der Waals surface area (Å²) in [5, 5.41) is 11.4. The lowest BCUT2D eigenvalue weighted by atomic mass is 10.1. The number of benzene rings is 1. The number of anilines is 1. The van der Waals surface area contributed by atoms with Gasteiger partial charge in [0, 0.05) is 44.7 Å². The van der Waals surface area contributed by atoms with E-state index in [0.29, 0.717) is 12.5 Å². The molecule has 1 aromatic carbocycles. The molecule has 1 saturated heterocycles. The van der Waals surface area contributed by atoms with Gasteiger partial charge in [-0.15, -0.1) is 0 Å². The lowest BCUT2D eigenvalue weighted by molar-refractivity contribution is -0.129. The largest absolute Gasteiger partial charge is 0.370 e. The van der Waals surface area contributed by atoms with Crippen LogP contribution in [0.5, 0.6) is 0 Å². The fraction of sp³-hybridized carbons (Fsp3) is 0.474. The molecule has 3 heterocycles. The highest BCUT2D eigenvalue weighted by molar-refractivity contribution is 5.83. The smallest absolute Gasteiger partial charge is 0.240 e. The van der Waals surface area contributed by atoms with Crippen molar-refractivity contribution in [3.63, 3.8) is 0 Å². The number of carbonyl (C=O) groups excluding carboxylic acids is 1. The van der Waals surface area contributed by atoms with Crippen molar-refractivity contribution in [3.8, 4) is 0 Å². The Labute approximate surface area is 148 Å². The molecule has 1 amide bonds. The fourth-order valence-corrected chi connectivity index (χ4v) is 3.72. The van der Waals surface area contributed by atoms with Gasteiger partial charge in [0.2, 0.25) is 5.91 Å². The molecule has 25 heavy (non-hydrogen) atoms. The molecule has 132 valence electrons. The van der Waals surface area contributed by atoms with Crippen LogP contribution in [0.2, 0.25) is 0 Å². The maximum Gasteiger partial charge on any atom is 0.240 e. The summed E-state index contributed by atoms with van der Waals surface area (Å²) in [6.07, 6.45) is 0.887. The molecule has 0 bridgehead atoms. The summed E-state index contributed by atoms with van der Waals surface area (Å²) in [7, 11) is 0. The average Bonchev–Trinajstić information content (AvgIpc) is 3.16. The van der Waals surface area contributed by atoms with E-state index in [-0.39, 0.29) is 11.9 Å². The summed E-state index contributed by atoms with van der Waals surface area (Å²) in [6, 6.07) is 12.2. The third-order valence-electron chi connectivity index (χ3n) is 5.07. The zero-order valence-electron chi connectivity index (χ0n) is 14.6. The van der Waals surface area contributed by atoms with Gasteiger partial charge in [-0.25, -0.2) is 4.68 Å². The second kappa shape index (κ2) is 6.88. The number of likely N-dealkylation sites (tertiary alicyclic amines) is 1. The van der Waals surface area contributed by atoms with Crippen LogP contribution in [-0.2, 0) is 17.9 Å². The molecule has 4 rings (SSSR count). The van der Waals surface area contributed by atoms with Gasteiger partial charge >= 0.3 is 0 Å². The molecule has 6 nitrogen and oxygen atoms in total. The first-order valence-electron chi connectivity index (χ1n) is 9.03. The van der Waals surface area contributed by atoms with Gasteiger partial charge in [-0.2, -0.15) is 5.10 Å². The van der Waals surface area contributed by atoms with Gasteiger partial charge < -0.3 is 15.5 Å². The van der Waals surface area contributed by atoms with Crippen LogP contribution in [0.25, 0.3) is 0 Å². The second-order valence-electron chi connectivity index (χ2n) is 7.09. The number of nitrogens with zero attached hydrogens (tertiary/aromatic N) is 3. The van der Waals surface area contributed by atoms with Crippen molar-refractivity contribution in [3.05, 3.63) is 47.7 Å². The van der Waals surface area contributed by atoms with Crippen LogP contribution in [0.4, 0.5) is 5.82 Å². The summed E-state index contributed by atoms with van der Waals surface area (Å²) >= 11 is 0. The average molecular weight is 339 g/mol. The van der Waals surface area contributed by atoms with Crippen LogP contribution in [-0.4, -0.2) is 46.3 Å². The number of aryl methyl sites for hydroxylation is 1. The van der Waals surface area contributed by atoms with Crippen LogP contribution >= 0.6 is 0 Å². The molecule has 2 aromatic rings. The molecular formula is C19H25N5O. The Bertz CT molecular complexity index is 742.